The molecule has 0 radical (unpaired) electrons. The minimum atomic E-state index is -0.274. The molecule has 0 aliphatic carbocycles. The molecule has 156 valence electrons. The molecule has 30 heavy (non-hydrogen) atoms. The minimum absolute atomic E-state index is 0.0468. The number of hydrogen-bond donors (Lipinski definition) is 2. The van der Waals surface area contributed by atoms with Gasteiger partial charge in [-0.3, -0.25) is 9.48 Å². The molecule has 3 heterocycles. The molecule has 0 unspecified atom stereocenters. The van der Waals surface area contributed by atoms with Gasteiger partial charge in [0.1, 0.15) is 11.7 Å². The Bertz CT molecular complexity index is 1050. The van der Waals surface area contributed by atoms with Crippen molar-refractivity contribution in [2.75, 3.05) is 22.6 Å². The summed E-state index contributed by atoms with van der Waals surface area (Å²) in [7, 11) is 1.87. The van der Waals surface area contributed by atoms with E-state index in [9.17, 15) is 4.79 Å². The number of fused-ring (bicyclic) bond motifs is 1. The van der Waals surface area contributed by atoms with Gasteiger partial charge in [-0.1, -0.05) is 30.3 Å². The topological polar surface area (TPSA) is 88.0 Å². The Morgan fingerprint density at radius 2 is 1.97 bits per heavy atom. The van der Waals surface area contributed by atoms with Crippen LogP contribution in [-0.2, 0) is 17.8 Å². The molecular weight excluding hydrogens is 378 g/mol. The average molecular weight is 406 g/mol. The molecule has 3 aromatic rings. The van der Waals surface area contributed by atoms with Crippen molar-refractivity contribution in [2.45, 2.75) is 45.8 Å². The summed E-state index contributed by atoms with van der Waals surface area (Å²) in [6, 6.07) is 10.4. The number of carbonyl (C=O) groups excluding carboxylic acids is 1. The zero-order valence-corrected chi connectivity index (χ0v) is 17.8. The molecule has 8 nitrogen and oxygen atoms in total. The van der Waals surface area contributed by atoms with Crippen molar-refractivity contribution in [3.63, 3.8) is 0 Å². The minimum Gasteiger partial charge on any atom is -0.350 e. The summed E-state index contributed by atoms with van der Waals surface area (Å²) in [5, 5.41) is 10.7. The van der Waals surface area contributed by atoms with E-state index in [1.165, 1.54) is 5.56 Å². The summed E-state index contributed by atoms with van der Waals surface area (Å²) in [6.07, 6.45) is 4.85. The molecule has 2 N–H and O–H groups in total. The lowest BCUT2D eigenvalue weighted by Crippen LogP contribution is -2.44. The number of anilines is 3. The van der Waals surface area contributed by atoms with Crippen molar-refractivity contribution in [1.29, 1.82) is 0 Å². The van der Waals surface area contributed by atoms with E-state index >= 15 is 0 Å². The van der Waals surface area contributed by atoms with Gasteiger partial charge in [-0.2, -0.15) is 10.1 Å². The lowest BCUT2D eigenvalue weighted by atomic mass is 10.1. The van der Waals surface area contributed by atoms with Gasteiger partial charge in [0.15, 0.2) is 5.82 Å². The molecule has 0 saturated heterocycles. The van der Waals surface area contributed by atoms with Gasteiger partial charge in [0.05, 0.1) is 17.9 Å². The summed E-state index contributed by atoms with van der Waals surface area (Å²) in [6.45, 7) is 6.47. The third kappa shape index (κ3) is 3.98. The number of hydrogen-bond acceptors (Lipinski definition) is 6. The van der Waals surface area contributed by atoms with Crippen LogP contribution in [0, 0.1) is 6.92 Å². The summed E-state index contributed by atoms with van der Waals surface area (Å²) in [5.41, 5.74) is 3.77. The molecule has 1 amide bonds. The van der Waals surface area contributed by atoms with Crippen LogP contribution < -0.4 is 15.5 Å². The van der Waals surface area contributed by atoms with Gasteiger partial charge in [-0.05, 0) is 32.8 Å². The second-order valence-corrected chi connectivity index (χ2v) is 7.83. The largest absolute Gasteiger partial charge is 0.350 e. The number of amides is 1. The highest BCUT2D eigenvalue weighted by Gasteiger charge is 2.30. The number of aromatic nitrogens is 4. The molecule has 2 atom stereocenters. The van der Waals surface area contributed by atoms with Gasteiger partial charge >= 0.3 is 0 Å². The van der Waals surface area contributed by atoms with Crippen molar-refractivity contribution in [1.82, 2.24) is 19.7 Å². The van der Waals surface area contributed by atoms with E-state index < -0.39 is 0 Å². The molecule has 4 rings (SSSR count). The summed E-state index contributed by atoms with van der Waals surface area (Å²) < 4.78 is 1.99. The maximum absolute atomic E-state index is 12.1. The number of rotatable bonds is 6. The van der Waals surface area contributed by atoms with E-state index in [-0.39, 0.29) is 18.0 Å². The Labute approximate surface area is 176 Å². The van der Waals surface area contributed by atoms with Crippen LogP contribution in [0.25, 0.3) is 0 Å². The highest BCUT2D eigenvalue weighted by molar-refractivity contribution is 6.03. The molecular formula is C22H27N7O. The van der Waals surface area contributed by atoms with E-state index in [4.69, 9.17) is 0 Å². The van der Waals surface area contributed by atoms with E-state index in [0.717, 1.165) is 23.5 Å². The van der Waals surface area contributed by atoms with Crippen LogP contribution in [0.2, 0.25) is 0 Å². The van der Waals surface area contributed by atoms with E-state index in [1.54, 1.807) is 0 Å². The first-order valence-corrected chi connectivity index (χ1v) is 10.2. The summed E-state index contributed by atoms with van der Waals surface area (Å²) in [4.78, 5) is 23.0. The van der Waals surface area contributed by atoms with Crippen LogP contribution in [0.15, 0.2) is 42.7 Å². The standard InChI is InChI=1S/C22H27N7O/c1-14(10-17-8-6-5-7-9-17)29-13-18(12-24-29)11-23-22-25-15(2)19-20(27-22)28(4)16(3)21(30)26-19/h5-9,12-14,16H,10-11H2,1-4H3,(H,26,30)(H,23,25,27)/t14-,16-/m0/s1. The number of benzene rings is 1. The monoisotopic (exact) mass is 405 g/mol. The van der Waals surface area contributed by atoms with Crippen LogP contribution in [0.5, 0.6) is 0 Å². The van der Waals surface area contributed by atoms with Crippen LogP contribution in [0.1, 0.15) is 36.7 Å². The highest BCUT2D eigenvalue weighted by atomic mass is 16.2. The van der Waals surface area contributed by atoms with E-state index in [0.29, 0.717) is 18.2 Å². The molecule has 0 spiro atoms. The molecule has 1 aliphatic heterocycles. The third-order valence-electron chi connectivity index (χ3n) is 5.54. The first kappa shape index (κ1) is 19.9. The Kier molecular flexibility index (Phi) is 5.39. The second-order valence-electron chi connectivity index (χ2n) is 7.83. The molecule has 0 fully saturated rings. The predicted octanol–water partition coefficient (Wildman–Crippen LogP) is 3.17. The fourth-order valence-corrected chi connectivity index (χ4v) is 3.56. The first-order chi connectivity index (χ1) is 14.4. The van der Waals surface area contributed by atoms with Crippen molar-refractivity contribution >= 4 is 23.4 Å². The van der Waals surface area contributed by atoms with Crippen molar-refractivity contribution in [3.05, 3.63) is 59.5 Å². The molecule has 1 aromatic carbocycles. The highest BCUT2D eigenvalue weighted by Crippen LogP contribution is 2.32. The Hall–Kier alpha value is -3.42. The van der Waals surface area contributed by atoms with Crippen molar-refractivity contribution in [3.8, 4) is 0 Å². The molecule has 1 aliphatic rings. The van der Waals surface area contributed by atoms with E-state index in [1.807, 2.05) is 42.7 Å². The number of nitrogens with one attached hydrogen (secondary N) is 2. The van der Waals surface area contributed by atoms with Crippen molar-refractivity contribution in [2.24, 2.45) is 0 Å². The SMILES string of the molecule is Cc1nc(NCc2cnn([C@@H](C)Cc3ccccc3)c2)nc2c1NC(=O)[C@H](C)N2C. The van der Waals surface area contributed by atoms with Gasteiger partial charge in [0, 0.05) is 25.4 Å². The summed E-state index contributed by atoms with van der Waals surface area (Å²) in [5.74, 6) is 1.21. The number of nitrogens with zero attached hydrogens (tertiary/aromatic N) is 5. The molecule has 0 bridgehead atoms. The molecule has 2 aromatic heterocycles. The predicted molar refractivity (Wildman–Crippen MR) is 118 cm³/mol. The lowest BCUT2D eigenvalue weighted by molar-refractivity contribution is -0.117. The molecule has 0 saturated carbocycles. The van der Waals surface area contributed by atoms with Crippen LogP contribution >= 0.6 is 0 Å². The Morgan fingerprint density at radius 1 is 1.20 bits per heavy atom. The zero-order chi connectivity index (χ0) is 21.3. The Morgan fingerprint density at radius 3 is 2.73 bits per heavy atom. The fraction of sp³-hybridized carbons (Fsp3) is 0.364. The number of likely N-dealkylation sites (N-methyl/N-ethyl adjacent to an activating group) is 1. The quantitative estimate of drug-likeness (QED) is 0.655. The lowest BCUT2D eigenvalue weighted by Gasteiger charge is -2.32. The maximum Gasteiger partial charge on any atom is 0.246 e. The smallest absolute Gasteiger partial charge is 0.246 e. The third-order valence-corrected chi connectivity index (χ3v) is 5.54. The van der Waals surface area contributed by atoms with Crippen LogP contribution in [0.3, 0.4) is 0 Å². The van der Waals surface area contributed by atoms with Crippen LogP contribution in [-0.4, -0.2) is 38.7 Å². The van der Waals surface area contributed by atoms with Gasteiger partial charge in [-0.15, -0.1) is 0 Å². The normalized spacial score (nSPS) is 16.7. The summed E-state index contributed by atoms with van der Waals surface area (Å²) >= 11 is 0. The fourth-order valence-electron chi connectivity index (χ4n) is 3.56. The van der Waals surface area contributed by atoms with E-state index in [2.05, 4.69) is 63.1 Å². The average Bonchev–Trinajstić information content (AvgIpc) is 3.21. The van der Waals surface area contributed by atoms with Gasteiger partial charge in [0.2, 0.25) is 11.9 Å². The van der Waals surface area contributed by atoms with Crippen LogP contribution in [0.4, 0.5) is 17.5 Å². The molecule has 8 heteroatoms. The Balaban J connectivity index is 1.43. The number of carbonyl (C=O) groups is 1. The number of aryl methyl sites for hydroxylation is 1. The van der Waals surface area contributed by atoms with Crippen molar-refractivity contribution < 1.29 is 4.79 Å². The van der Waals surface area contributed by atoms with Gasteiger partial charge in [0.25, 0.3) is 0 Å². The first-order valence-electron chi connectivity index (χ1n) is 10.2. The second kappa shape index (κ2) is 8.14. The maximum atomic E-state index is 12.1. The van der Waals surface area contributed by atoms with Gasteiger partial charge < -0.3 is 15.5 Å². The zero-order valence-electron chi connectivity index (χ0n) is 17.8. The van der Waals surface area contributed by atoms with Gasteiger partial charge in [-0.25, -0.2) is 4.98 Å².